The summed E-state index contributed by atoms with van der Waals surface area (Å²) >= 11 is 8.33. The van der Waals surface area contributed by atoms with Crippen molar-refractivity contribution in [3.05, 3.63) is 134 Å². The molecule has 494 valence electrons. The van der Waals surface area contributed by atoms with Crippen LogP contribution in [0.25, 0.3) is 31.3 Å². The third-order valence-corrected chi connectivity index (χ3v) is 22.8. The summed E-state index contributed by atoms with van der Waals surface area (Å²) in [5.41, 5.74) is 23.9. The Labute approximate surface area is 565 Å². The normalized spacial score (nSPS) is 26.3. The summed E-state index contributed by atoms with van der Waals surface area (Å²) in [5.74, 6) is 2.67. The molecule has 12 unspecified atom stereocenters. The zero-order valence-corrected chi connectivity index (χ0v) is 58.6. The van der Waals surface area contributed by atoms with E-state index in [1.807, 2.05) is 148 Å². The van der Waals surface area contributed by atoms with Crippen molar-refractivity contribution in [2.75, 3.05) is 17.2 Å². The molecule has 8 fully saturated rings. The summed E-state index contributed by atoms with van der Waals surface area (Å²) in [4.78, 5) is 64.0. The number of carbonyl (C=O) groups excluding carboxylic acids is 3. The second kappa shape index (κ2) is 26.8. The van der Waals surface area contributed by atoms with Gasteiger partial charge in [0.25, 0.3) is 0 Å². The highest BCUT2D eigenvalue weighted by Gasteiger charge is 2.53. The van der Waals surface area contributed by atoms with Gasteiger partial charge in [0.1, 0.15) is 34.3 Å². The Morgan fingerprint density at radius 1 is 0.495 bits per heavy atom. The van der Waals surface area contributed by atoms with Crippen LogP contribution in [-0.2, 0) is 14.2 Å². The maximum Gasteiger partial charge on any atom is 0.410 e. The predicted molar refractivity (Wildman–Crippen MR) is 372 cm³/mol. The third kappa shape index (κ3) is 14.6. The highest BCUT2D eigenvalue weighted by molar-refractivity contribution is 9.10. The topological polar surface area (TPSA) is 230 Å². The maximum atomic E-state index is 13.9. The minimum absolute atomic E-state index is 0.186. The van der Waals surface area contributed by atoms with E-state index in [0.29, 0.717) is 58.8 Å². The molecule has 8 aliphatic rings. The van der Waals surface area contributed by atoms with Crippen molar-refractivity contribution in [3.63, 3.8) is 0 Å². The molecule has 8 saturated heterocycles. The molecule has 17 nitrogen and oxygen atoms in total. The van der Waals surface area contributed by atoms with Crippen molar-refractivity contribution in [2.24, 2.45) is 0 Å². The molecule has 12 atom stereocenters. The first-order valence-electron chi connectivity index (χ1n) is 32.7. The molecule has 0 saturated carbocycles. The van der Waals surface area contributed by atoms with Gasteiger partial charge >= 0.3 is 18.3 Å². The van der Waals surface area contributed by atoms with Gasteiger partial charge in [-0.05, 0) is 236 Å². The molecule has 3 amide bonds. The lowest BCUT2D eigenvalue weighted by atomic mass is 9.84. The van der Waals surface area contributed by atoms with E-state index in [0.717, 1.165) is 93.6 Å². The van der Waals surface area contributed by atoms with Crippen LogP contribution in [0.15, 0.2) is 106 Å². The Balaban J connectivity index is 0.000000120. The minimum atomic E-state index is -0.469. The number of fused-ring (bicyclic) bond motifs is 8. The number of aromatic nitrogens is 4. The Kier molecular flexibility index (Phi) is 19.1. The molecular formula is C71H87BrFN11O6S3. The summed E-state index contributed by atoms with van der Waals surface area (Å²) in [6, 6.07) is 23.0. The van der Waals surface area contributed by atoms with Crippen molar-refractivity contribution < 1.29 is 33.0 Å². The first kappa shape index (κ1) is 66.3. The van der Waals surface area contributed by atoms with Crippen LogP contribution in [0.3, 0.4) is 0 Å². The van der Waals surface area contributed by atoms with Gasteiger partial charge in [-0.15, -0.1) is 34.0 Å². The number of halogens is 2. The fraction of sp³-hybridized carbons (Fsp3) is 0.507. The number of thiophene rings is 3. The van der Waals surface area contributed by atoms with E-state index in [9.17, 15) is 18.8 Å². The first-order chi connectivity index (χ1) is 44.2. The molecule has 0 aliphatic carbocycles. The van der Waals surface area contributed by atoms with Crippen molar-refractivity contribution in [2.45, 2.75) is 228 Å². The van der Waals surface area contributed by atoms with Crippen LogP contribution in [0.5, 0.6) is 0 Å². The van der Waals surface area contributed by atoms with Crippen LogP contribution in [0.2, 0.25) is 0 Å². The molecule has 22 heteroatoms. The van der Waals surface area contributed by atoms with Crippen LogP contribution in [-0.4, -0.2) is 118 Å². The lowest BCUT2D eigenvalue weighted by molar-refractivity contribution is 0.0201. The summed E-state index contributed by atoms with van der Waals surface area (Å²) in [6.45, 7) is 17.2. The number of nitrogens with two attached hydrogens (primary N) is 3. The van der Waals surface area contributed by atoms with Gasteiger partial charge in [-0.25, -0.2) is 34.3 Å². The average molecular weight is 1390 g/mol. The van der Waals surface area contributed by atoms with Crippen molar-refractivity contribution >= 4 is 85.7 Å². The lowest BCUT2D eigenvalue weighted by Crippen LogP contribution is -2.40. The molecule has 15 heterocycles. The molecule has 0 spiro atoms. The quantitative estimate of drug-likeness (QED) is 0.0859. The number of pyridine rings is 4. The van der Waals surface area contributed by atoms with Gasteiger partial charge in [-0.3, -0.25) is 0 Å². The van der Waals surface area contributed by atoms with E-state index in [-0.39, 0.29) is 60.5 Å². The highest BCUT2D eigenvalue weighted by atomic mass is 79.9. The Morgan fingerprint density at radius 2 is 0.860 bits per heavy atom. The number of nitrogen functional groups attached to an aromatic ring is 3. The number of hydrogen-bond donors (Lipinski definition) is 4. The average Bonchev–Trinajstić information content (AvgIpc) is 1.63. The fourth-order valence-corrected chi connectivity index (χ4v) is 18.2. The molecule has 7 N–H and O–H groups in total. The van der Waals surface area contributed by atoms with Gasteiger partial charge < -0.3 is 51.4 Å². The highest BCUT2D eigenvalue weighted by Crippen LogP contribution is 2.51. The van der Waals surface area contributed by atoms with E-state index < -0.39 is 16.8 Å². The smallest absolute Gasteiger partial charge is 0.410 e. The van der Waals surface area contributed by atoms with Crippen LogP contribution in [0.4, 0.5) is 36.2 Å². The standard InChI is InChI=1S/2C20H25N3O2S.C16H22BrN3O2.C15H15FN2S/c2*1-20(2,3)25-19(24)23-13-6-7-16(23)14(10-13)12-9-15(18(21)22-11-12)17-5-4-8-26-17;1-16(2,3)22-15(21)20-10-4-5-13(20)11(7-10)9-6-12(17)14(18)19-8-9;16-15-12(14-2-1-5-19-14)6-9(8-17-15)11-7-10-3-4-13(11)18-10/h2*4-5,8-9,11,13-14,16H,6-7,10H2,1-3H3,(H2,21,22);6,8,10-11,13H,4-5,7H2,1-3H3,(H2,18,19);1-2,5-6,8,10-11,13,18H,3-4,7H2. The Hall–Kier alpha value is -6.72. The van der Waals surface area contributed by atoms with Gasteiger partial charge in [-0.2, -0.15) is 4.39 Å². The molecule has 93 heavy (non-hydrogen) atoms. The largest absolute Gasteiger partial charge is 0.444 e. The Bertz CT molecular complexity index is 3660. The van der Waals surface area contributed by atoms with Gasteiger partial charge in [0.05, 0.1) is 4.47 Å². The number of nitrogens with one attached hydrogen (secondary N) is 1. The summed E-state index contributed by atoms with van der Waals surface area (Å²) < 4.78 is 31.6. The number of amides is 3. The zero-order chi connectivity index (χ0) is 65.8. The van der Waals surface area contributed by atoms with Crippen LogP contribution < -0.4 is 22.5 Å². The molecule has 8 aliphatic heterocycles. The lowest BCUT2D eigenvalue weighted by Gasteiger charge is -2.28. The van der Waals surface area contributed by atoms with E-state index in [4.69, 9.17) is 31.4 Å². The van der Waals surface area contributed by atoms with Gasteiger partial charge in [0, 0.05) is 128 Å². The molecule has 7 aromatic rings. The van der Waals surface area contributed by atoms with E-state index >= 15 is 0 Å². The third-order valence-electron chi connectivity index (χ3n) is 19.4. The number of rotatable bonds is 7. The van der Waals surface area contributed by atoms with E-state index in [2.05, 4.69) is 65.4 Å². The van der Waals surface area contributed by atoms with Crippen LogP contribution in [0, 0.1) is 5.95 Å². The molecule has 0 radical (unpaired) electrons. The molecule has 7 aromatic heterocycles. The number of hydrogen-bond acceptors (Lipinski definition) is 17. The molecule has 15 rings (SSSR count). The summed E-state index contributed by atoms with van der Waals surface area (Å²) in [5, 5.41) is 9.69. The number of ether oxygens (including phenoxy) is 3. The number of carbonyl (C=O) groups is 3. The predicted octanol–water partition coefficient (Wildman–Crippen LogP) is 16.5. The maximum absolute atomic E-state index is 13.9. The van der Waals surface area contributed by atoms with Crippen LogP contribution >= 0.6 is 49.9 Å². The SMILES string of the molecule is CC(C)(C)OC(=O)N1C2CCC1C(c1cnc(N)c(-c3cccs3)c1)C2.CC(C)(C)OC(=O)N1C2CCC1C(c1cnc(N)c(-c3cccs3)c1)C2.CC(C)(C)OC(=O)N1C2CCC1C(c1cnc(N)c(Br)c1)C2.Fc1ncc(C2CC3CCC2N3)cc1-c1cccs1. The minimum Gasteiger partial charge on any atom is -0.444 e. The summed E-state index contributed by atoms with van der Waals surface area (Å²) in [7, 11) is 0. The van der Waals surface area contributed by atoms with E-state index in [1.165, 1.54) is 36.0 Å². The van der Waals surface area contributed by atoms with Crippen molar-refractivity contribution in [1.29, 1.82) is 0 Å². The summed E-state index contributed by atoms with van der Waals surface area (Å²) in [6.07, 6.45) is 19.6. The van der Waals surface area contributed by atoms with Gasteiger partial charge in [0.2, 0.25) is 5.95 Å². The molecular weight excluding hydrogens is 1300 g/mol. The fourth-order valence-electron chi connectivity index (χ4n) is 15.6. The first-order valence-corrected chi connectivity index (χ1v) is 36.2. The van der Waals surface area contributed by atoms with Crippen LogP contribution in [0.1, 0.15) is 185 Å². The van der Waals surface area contributed by atoms with E-state index in [1.54, 1.807) is 40.2 Å². The van der Waals surface area contributed by atoms with Crippen molar-refractivity contribution in [3.8, 4) is 31.3 Å². The van der Waals surface area contributed by atoms with Gasteiger partial charge in [-0.1, -0.05) is 18.2 Å². The number of anilines is 3. The second-order valence-corrected chi connectivity index (χ2v) is 32.7. The van der Waals surface area contributed by atoms with Crippen molar-refractivity contribution in [1.82, 2.24) is 40.0 Å². The Morgan fingerprint density at radius 3 is 1.22 bits per heavy atom. The molecule has 0 aromatic carbocycles. The monoisotopic (exact) mass is 1380 g/mol. The second-order valence-electron chi connectivity index (χ2n) is 29.1. The molecule has 8 bridgehead atoms. The van der Waals surface area contributed by atoms with Gasteiger partial charge in [0.15, 0.2) is 0 Å². The number of nitrogens with zero attached hydrogens (tertiary/aromatic N) is 7. The zero-order valence-electron chi connectivity index (χ0n) is 54.5.